The van der Waals surface area contributed by atoms with Gasteiger partial charge in [0.15, 0.2) is 0 Å². The summed E-state index contributed by atoms with van der Waals surface area (Å²) < 4.78 is 1.86. The van der Waals surface area contributed by atoms with Crippen LogP contribution in [-0.4, -0.2) is 28.1 Å². The second kappa shape index (κ2) is 4.17. The average molecular weight is 232 g/mol. The molecule has 0 aliphatic heterocycles. The van der Waals surface area contributed by atoms with Gasteiger partial charge >= 0.3 is 0 Å². The van der Waals surface area contributed by atoms with Crippen LogP contribution in [0.5, 0.6) is 0 Å². The van der Waals surface area contributed by atoms with Crippen molar-refractivity contribution in [3.63, 3.8) is 0 Å². The minimum Gasteiger partial charge on any atom is -0.259 e. The Bertz CT molecular complexity index is 458. The Morgan fingerprint density at radius 1 is 1.25 bits per heavy atom. The molecule has 2 aromatic heterocycles. The maximum absolute atomic E-state index is 4.27. The molecule has 0 saturated heterocycles. The van der Waals surface area contributed by atoms with E-state index in [0.717, 1.165) is 11.0 Å². The van der Waals surface area contributed by atoms with Crippen molar-refractivity contribution in [3.05, 3.63) is 36.3 Å². The largest absolute Gasteiger partial charge is 0.259 e. The molecule has 84 valence electrons. The third-order valence-corrected chi connectivity index (χ3v) is 4.12. The lowest BCUT2D eigenvalue weighted by Crippen LogP contribution is -2.38. The highest BCUT2D eigenvalue weighted by molar-refractivity contribution is 6.88. The first kappa shape index (κ1) is 11.0. The van der Waals surface area contributed by atoms with Crippen LogP contribution in [0.2, 0.25) is 19.6 Å². The number of rotatable bonds is 3. The molecule has 0 aliphatic rings. The van der Waals surface area contributed by atoms with Crippen LogP contribution < -0.4 is 5.32 Å². The van der Waals surface area contributed by atoms with Gasteiger partial charge in [0.1, 0.15) is 8.07 Å². The zero-order valence-electron chi connectivity index (χ0n) is 9.88. The molecule has 0 unspecified atom stereocenters. The SMILES string of the molecule is C[Si](C)(C)c1cn(Cc2ccccn2)nn1. The smallest absolute Gasteiger partial charge is 0.106 e. The fourth-order valence-corrected chi connectivity index (χ4v) is 2.26. The van der Waals surface area contributed by atoms with Gasteiger partial charge in [-0.15, -0.1) is 5.10 Å². The van der Waals surface area contributed by atoms with Crippen molar-refractivity contribution < 1.29 is 0 Å². The number of hydrogen-bond donors (Lipinski definition) is 0. The fourth-order valence-electron chi connectivity index (χ4n) is 1.38. The highest BCUT2D eigenvalue weighted by Crippen LogP contribution is 2.00. The molecule has 16 heavy (non-hydrogen) atoms. The molecule has 0 saturated carbocycles. The van der Waals surface area contributed by atoms with Crippen molar-refractivity contribution in [2.45, 2.75) is 26.2 Å². The molecule has 2 heterocycles. The van der Waals surface area contributed by atoms with Gasteiger partial charge in [0.05, 0.1) is 17.6 Å². The Labute approximate surface area is 96.3 Å². The van der Waals surface area contributed by atoms with Gasteiger partial charge in [0.2, 0.25) is 0 Å². The maximum Gasteiger partial charge on any atom is 0.106 e. The minimum absolute atomic E-state index is 0.693. The molecule has 0 aromatic carbocycles. The summed E-state index contributed by atoms with van der Waals surface area (Å²) in [5, 5.41) is 9.51. The van der Waals surface area contributed by atoms with E-state index in [4.69, 9.17) is 0 Å². The first-order valence-electron chi connectivity index (χ1n) is 5.36. The van der Waals surface area contributed by atoms with E-state index in [2.05, 4.69) is 34.9 Å². The number of pyridine rings is 1. The molecule has 0 N–H and O–H groups in total. The Morgan fingerprint density at radius 2 is 2.06 bits per heavy atom. The highest BCUT2D eigenvalue weighted by Gasteiger charge is 2.20. The van der Waals surface area contributed by atoms with Crippen LogP contribution in [0.3, 0.4) is 0 Å². The maximum atomic E-state index is 4.27. The quantitative estimate of drug-likeness (QED) is 0.748. The van der Waals surface area contributed by atoms with Crippen LogP contribution in [0.25, 0.3) is 0 Å². The number of hydrogen-bond acceptors (Lipinski definition) is 3. The van der Waals surface area contributed by atoms with Crippen LogP contribution >= 0.6 is 0 Å². The van der Waals surface area contributed by atoms with E-state index in [9.17, 15) is 0 Å². The average Bonchev–Trinajstić information content (AvgIpc) is 2.67. The summed E-state index contributed by atoms with van der Waals surface area (Å²) in [6.07, 6.45) is 3.84. The molecule has 0 spiro atoms. The second-order valence-electron chi connectivity index (χ2n) is 4.87. The van der Waals surface area contributed by atoms with Gasteiger partial charge in [-0.3, -0.25) is 4.98 Å². The van der Waals surface area contributed by atoms with Crippen molar-refractivity contribution in [2.24, 2.45) is 0 Å². The van der Waals surface area contributed by atoms with Crippen LogP contribution in [-0.2, 0) is 6.54 Å². The van der Waals surface area contributed by atoms with Gasteiger partial charge in [-0.1, -0.05) is 30.9 Å². The summed E-state index contributed by atoms with van der Waals surface area (Å²) in [5.41, 5.74) is 1.01. The molecule has 0 radical (unpaired) electrons. The summed E-state index contributed by atoms with van der Waals surface area (Å²) >= 11 is 0. The first-order chi connectivity index (χ1) is 7.55. The standard InChI is InChI=1S/C11H16N4Si/c1-16(2,3)11-9-15(14-13-11)8-10-6-4-5-7-12-10/h4-7,9H,8H2,1-3H3. The monoisotopic (exact) mass is 232 g/mol. The highest BCUT2D eigenvalue weighted by atomic mass is 28.3. The van der Waals surface area contributed by atoms with Crippen molar-refractivity contribution in [3.8, 4) is 0 Å². The number of nitrogens with zero attached hydrogens (tertiary/aromatic N) is 4. The third kappa shape index (κ3) is 2.55. The summed E-state index contributed by atoms with van der Waals surface area (Å²) in [4.78, 5) is 4.27. The predicted molar refractivity (Wildman–Crippen MR) is 66.3 cm³/mol. The van der Waals surface area contributed by atoms with Crippen molar-refractivity contribution in [1.82, 2.24) is 20.0 Å². The van der Waals surface area contributed by atoms with Crippen LogP contribution in [0, 0.1) is 0 Å². The Balaban J connectivity index is 2.15. The van der Waals surface area contributed by atoms with E-state index in [1.807, 2.05) is 29.1 Å². The summed E-state index contributed by atoms with van der Waals surface area (Å²) in [6, 6.07) is 5.90. The van der Waals surface area contributed by atoms with Crippen LogP contribution in [0.15, 0.2) is 30.6 Å². The van der Waals surface area contributed by atoms with Gasteiger partial charge in [-0.2, -0.15) is 0 Å². The Hall–Kier alpha value is -1.49. The summed E-state index contributed by atoms with van der Waals surface area (Å²) in [5.74, 6) is 0. The zero-order chi connectivity index (χ0) is 11.6. The number of aromatic nitrogens is 4. The minimum atomic E-state index is -1.34. The molecule has 0 atom stereocenters. The molecule has 0 bridgehead atoms. The molecule has 4 nitrogen and oxygen atoms in total. The van der Waals surface area contributed by atoms with Crippen molar-refractivity contribution in [1.29, 1.82) is 0 Å². The van der Waals surface area contributed by atoms with Gasteiger partial charge in [0.25, 0.3) is 0 Å². The van der Waals surface area contributed by atoms with E-state index < -0.39 is 8.07 Å². The van der Waals surface area contributed by atoms with E-state index in [1.54, 1.807) is 6.20 Å². The Kier molecular flexibility index (Phi) is 2.87. The molecule has 2 rings (SSSR count). The first-order valence-corrected chi connectivity index (χ1v) is 8.86. The van der Waals surface area contributed by atoms with Gasteiger partial charge in [0, 0.05) is 12.4 Å². The van der Waals surface area contributed by atoms with E-state index in [-0.39, 0.29) is 0 Å². The molecule has 2 aromatic rings. The lowest BCUT2D eigenvalue weighted by molar-refractivity contribution is 0.639. The van der Waals surface area contributed by atoms with Gasteiger partial charge in [-0.05, 0) is 12.1 Å². The summed E-state index contributed by atoms with van der Waals surface area (Å²) in [6.45, 7) is 7.49. The summed E-state index contributed by atoms with van der Waals surface area (Å²) in [7, 11) is -1.34. The van der Waals surface area contributed by atoms with Gasteiger partial charge in [-0.25, -0.2) is 4.68 Å². The van der Waals surface area contributed by atoms with Gasteiger partial charge < -0.3 is 0 Å². The molecular formula is C11H16N4Si. The third-order valence-electron chi connectivity index (χ3n) is 2.36. The second-order valence-corrected chi connectivity index (χ2v) is 9.88. The van der Waals surface area contributed by atoms with Crippen LogP contribution in [0.4, 0.5) is 0 Å². The molecule has 0 amide bonds. The molecule has 0 aliphatic carbocycles. The molecule has 5 heteroatoms. The van der Waals surface area contributed by atoms with E-state index >= 15 is 0 Å². The van der Waals surface area contributed by atoms with E-state index in [0.29, 0.717) is 6.54 Å². The molecular weight excluding hydrogens is 216 g/mol. The normalized spacial score (nSPS) is 11.7. The van der Waals surface area contributed by atoms with Crippen molar-refractivity contribution in [2.75, 3.05) is 0 Å². The van der Waals surface area contributed by atoms with Crippen molar-refractivity contribution >= 4 is 13.4 Å². The predicted octanol–water partition coefficient (Wildman–Crippen LogP) is 1.27. The van der Waals surface area contributed by atoms with Crippen LogP contribution in [0.1, 0.15) is 5.69 Å². The molecule has 0 fully saturated rings. The fraction of sp³-hybridized carbons (Fsp3) is 0.364. The topological polar surface area (TPSA) is 43.6 Å². The lowest BCUT2D eigenvalue weighted by atomic mass is 10.3. The van der Waals surface area contributed by atoms with E-state index in [1.165, 1.54) is 0 Å². The Morgan fingerprint density at radius 3 is 2.62 bits per heavy atom. The zero-order valence-corrected chi connectivity index (χ0v) is 10.9. The lowest BCUT2D eigenvalue weighted by Gasteiger charge is -2.09.